The van der Waals surface area contributed by atoms with Crippen LogP contribution in [0.5, 0.6) is 5.88 Å². The number of aromatic amines is 1. The topological polar surface area (TPSA) is 75.3 Å². The molecule has 5 rings (SSSR count). The van der Waals surface area contributed by atoms with Gasteiger partial charge in [0.15, 0.2) is 6.29 Å². The van der Waals surface area contributed by atoms with Crippen molar-refractivity contribution in [3.63, 3.8) is 0 Å². The first-order chi connectivity index (χ1) is 16.1. The van der Waals surface area contributed by atoms with Crippen LogP contribution >= 0.6 is 0 Å². The summed E-state index contributed by atoms with van der Waals surface area (Å²) in [6, 6.07) is 8.74. The number of H-pyrrole nitrogens is 1. The molecule has 0 unspecified atom stereocenters. The number of halogens is 1. The molecule has 3 heterocycles. The van der Waals surface area contributed by atoms with Crippen LogP contribution < -0.4 is 4.74 Å². The number of aromatic nitrogens is 2. The second-order valence-corrected chi connectivity index (χ2v) is 8.84. The maximum Gasteiger partial charge on any atom is 0.227 e. The van der Waals surface area contributed by atoms with Crippen LogP contribution in [0.4, 0.5) is 4.39 Å². The van der Waals surface area contributed by atoms with Gasteiger partial charge in [-0.1, -0.05) is 12.1 Å². The van der Waals surface area contributed by atoms with Crippen molar-refractivity contribution in [1.29, 1.82) is 0 Å². The number of ether oxygens (including phenoxy) is 1. The molecule has 1 aliphatic heterocycles. The lowest BCUT2D eigenvalue weighted by atomic mass is 9.89. The van der Waals surface area contributed by atoms with E-state index in [0.717, 1.165) is 56.5 Å². The first kappa shape index (κ1) is 21.4. The van der Waals surface area contributed by atoms with Crippen LogP contribution in [0.15, 0.2) is 42.1 Å². The molecule has 6 nitrogen and oxygen atoms in total. The number of allylic oxidation sites excluding steroid dienone is 1. The fourth-order valence-corrected chi connectivity index (χ4v) is 4.82. The van der Waals surface area contributed by atoms with Crippen LogP contribution in [-0.2, 0) is 11.2 Å². The molecule has 1 aromatic carbocycles. The van der Waals surface area contributed by atoms with Crippen molar-refractivity contribution in [2.24, 2.45) is 5.92 Å². The summed E-state index contributed by atoms with van der Waals surface area (Å²) in [5.41, 5.74) is 5.41. The van der Waals surface area contributed by atoms with Gasteiger partial charge in [-0.2, -0.15) is 4.98 Å². The van der Waals surface area contributed by atoms with Gasteiger partial charge < -0.3 is 14.6 Å². The van der Waals surface area contributed by atoms with Gasteiger partial charge in [0.2, 0.25) is 11.7 Å². The monoisotopic (exact) mass is 447 g/mol. The van der Waals surface area contributed by atoms with E-state index >= 15 is 0 Å². The molecular weight excluding hydrogens is 421 g/mol. The lowest BCUT2D eigenvalue weighted by molar-refractivity contribution is -0.104. The second kappa shape index (κ2) is 8.81. The summed E-state index contributed by atoms with van der Waals surface area (Å²) in [7, 11) is 1.60. The highest BCUT2D eigenvalue weighted by molar-refractivity contribution is 6.36. The van der Waals surface area contributed by atoms with E-state index in [1.165, 1.54) is 29.5 Å². The standard InChI is InChI=1S/C26H26FN3O3/c1-33-26-21(13-20-22(23(32)15-31)14-28-25(20)29-26)24(18-4-5-18)30-10-8-17(9-11-30)12-16-2-6-19(27)7-3-16/h2-3,6-7,13-15,17H,4-5,8-12H2,1H3,(H,28,29). The highest BCUT2D eigenvalue weighted by Crippen LogP contribution is 2.43. The third-order valence-corrected chi connectivity index (χ3v) is 6.66. The van der Waals surface area contributed by atoms with Crippen LogP contribution in [0, 0.1) is 11.7 Å². The highest BCUT2D eigenvalue weighted by Gasteiger charge is 2.30. The van der Waals surface area contributed by atoms with Gasteiger partial charge in [0.1, 0.15) is 11.5 Å². The Morgan fingerprint density at radius 3 is 2.58 bits per heavy atom. The number of piperidine rings is 1. The van der Waals surface area contributed by atoms with Crippen molar-refractivity contribution in [3.8, 4) is 5.88 Å². The van der Waals surface area contributed by atoms with Crippen molar-refractivity contribution < 1.29 is 18.7 Å². The first-order valence-electron chi connectivity index (χ1n) is 11.3. The predicted molar refractivity (Wildman–Crippen MR) is 124 cm³/mol. The van der Waals surface area contributed by atoms with Gasteiger partial charge in [-0.05, 0) is 67.4 Å². The Morgan fingerprint density at radius 1 is 1.21 bits per heavy atom. The Hall–Kier alpha value is -3.48. The summed E-state index contributed by atoms with van der Waals surface area (Å²) >= 11 is 0. The van der Waals surface area contributed by atoms with Gasteiger partial charge in [-0.25, -0.2) is 4.39 Å². The van der Waals surface area contributed by atoms with E-state index in [9.17, 15) is 14.0 Å². The van der Waals surface area contributed by atoms with Gasteiger partial charge in [0, 0.05) is 30.4 Å². The Labute approximate surface area is 191 Å². The van der Waals surface area contributed by atoms with Gasteiger partial charge >= 0.3 is 0 Å². The third-order valence-electron chi connectivity index (χ3n) is 6.66. The molecular formula is C26H26FN3O3. The molecule has 1 saturated heterocycles. The van der Waals surface area contributed by atoms with Crippen LogP contribution in [0.1, 0.15) is 47.2 Å². The molecule has 1 aliphatic carbocycles. The quantitative estimate of drug-likeness (QED) is 0.327. The van der Waals surface area contributed by atoms with E-state index in [1.54, 1.807) is 7.11 Å². The van der Waals surface area contributed by atoms with Crippen LogP contribution in [0.3, 0.4) is 0 Å². The number of aldehydes is 1. The number of methoxy groups -OCH3 is 1. The van der Waals surface area contributed by atoms with E-state index in [4.69, 9.17) is 4.74 Å². The number of hydrogen-bond acceptors (Lipinski definition) is 5. The molecule has 0 amide bonds. The predicted octanol–water partition coefficient (Wildman–Crippen LogP) is 4.55. The number of pyridine rings is 1. The molecule has 170 valence electrons. The number of carbonyl (C=O) groups excluding carboxylic acids is 2. The molecule has 0 radical (unpaired) electrons. The van der Waals surface area contributed by atoms with Gasteiger partial charge in [0.25, 0.3) is 0 Å². The maximum absolute atomic E-state index is 13.2. The second-order valence-electron chi connectivity index (χ2n) is 8.84. The van der Waals surface area contributed by atoms with Gasteiger partial charge in [-0.3, -0.25) is 9.59 Å². The molecule has 1 N–H and O–H groups in total. The Kier molecular flexibility index (Phi) is 5.70. The zero-order valence-corrected chi connectivity index (χ0v) is 18.6. The number of benzene rings is 1. The largest absolute Gasteiger partial charge is 0.480 e. The fourth-order valence-electron chi connectivity index (χ4n) is 4.82. The molecule has 3 aromatic rings. The number of rotatable bonds is 7. The summed E-state index contributed by atoms with van der Waals surface area (Å²) in [6.45, 7) is 1.83. The van der Waals surface area contributed by atoms with Crippen molar-refractivity contribution in [1.82, 2.24) is 14.9 Å². The Balaban J connectivity index is 1.41. The lowest BCUT2D eigenvalue weighted by Gasteiger charge is -2.36. The van der Waals surface area contributed by atoms with E-state index in [1.807, 2.05) is 18.2 Å². The minimum Gasteiger partial charge on any atom is -0.480 e. The minimum absolute atomic E-state index is 0.200. The summed E-state index contributed by atoms with van der Waals surface area (Å²) in [4.78, 5) is 33.2. The van der Waals surface area contributed by atoms with Crippen molar-refractivity contribution in [2.45, 2.75) is 32.1 Å². The number of nitrogens with one attached hydrogen (secondary N) is 1. The minimum atomic E-state index is -0.568. The Bertz CT molecular complexity index is 1230. The number of Topliss-reactive ketones (excluding diaryl/α,β-unsaturated/α-hetero) is 1. The van der Waals surface area contributed by atoms with E-state index in [2.05, 4.69) is 14.9 Å². The number of hydrogen-bond donors (Lipinski definition) is 1. The molecule has 2 aliphatic rings. The number of fused-ring (bicyclic) bond motifs is 1. The maximum atomic E-state index is 13.2. The molecule has 0 atom stereocenters. The first-order valence-corrected chi connectivity index (χ1v) is 11.3. The molecule has 7 heteroatoms. The summed E-state index contributed by atoms with van der Waals surface area (Å²) in [5, 5.41) is 0.632. The van der Waals surface area contributed by atoms with Crippen molar-refractivity contribution >= 4 is 28.8 Å². The van der Waals surface area contributed by atoms with Crippen LogP contribution in [0.2, 0.25) is 0 Å². The SMILES string of the molecule is COc1nc2[nH]cc(C(=O)C=O)c2cc1C(=C1CC1)N1CCC(Cc2ccc(F)cc2)CC1. The number of likely N-dealkylation sites (tertiary alicyclic amines) is 1. The van der Waals surface area contributed by atoms with Gasteiger partial charge in [0.05, 0.1) is 18.2 Å². The van der Waals surface area contributed by atoms with E-state index in [0.29, 0.717) is 34.7 Å². The number of carbonyl (C=O) groups is 2. The fraction of sp³-hybridized carbons (Fsp3) is 0.346. The van der Waals surface area contributed by atoms with Crippen molar-refractivity contribution in [2.75, 3.05) is 20.2 Å². The van der Waals surface area contributed by atoms with Crippen molar-refractivity contribution in [3.05, 3.63) is 64.6 Å². The highest BCUT2D eigenvalue weighted by atomic mass is 19.1. The molecule has 0 spiro atoms. The molecule has 1 saturated carbocycles. The third kappa shape index (κ3) is 4.27. The van der Waals surface area contributed by atoms with E-state index < -0.39 is 5.78 Å². The number of ketones is 1. The summed E-state index contributed by atoms with van der Waals surface area (Å²) in [6.07, 6.45) is 6.99. The molecule has 2 fully saturated rings. The summed E-state index contributed by atoms with van der Waals surface area (Å²) in [5.74, 6) is 0.300. The zero-order valence-electron chi connectivity index (χ0n) is 18.6. The molecule has 0 bridgehead atoms. The zero-order chi connectivity index (χ0) is 22.9. The van der Waals surface area contributed by atoms with Crippen LogP contribution in [-0.4, -0.2) is 47.1 Å². The van der Waals surface area contributed by atoms with Gasteiger partial charge in [-0.15, -0.1) is 0 Å². The van der Waals surface area contributed by atoms with E-state index in [-0.39, 0.29) is 5.82 Å². The smallest absolute Gasteiger partial charge is 0.227 e. The average molecular weight is 448 g/mol. The Morgan fingerprint density at radius 2 is 1.94 bits per heavy atom. The normalized spacial score (nSPS) is 16.2. The average Bonchev–Trinajstić information content (AvgIpc) is 3.59. The molecule has 33 heavy (non-hydrogen) atoms. The molecule has 2 aromatic heterocycles. The lowest BCUT2D eigenvalue weighted by Crippen LogP contribution is -2.33. The number of nitrogens with zero attached hydrogens (tertiary/aromatic N) is 2. The van der Waals surface area contributed by atoms with Crippen LogP contribution in [0.25, 0.3) is 16.7 Å². The summed E-state index contributed by atoms with van der Waals surface area (Å²) < 4.78 is 18.8.